The molecule has 1 unspecified atom stereocenters. The van der Waals surface area contributed by atoms with Crippen molar-refractivity contribution >= 4 is 44.8 Å². The highest BCUT2D eigenvalue weighted by Gasteiger charge is 2.43. The second kappa shape index (κ2) is 10.9. The Hall–Kier alpha value is -3.70. The van der Waals surface area contributed by atoms with Gasteiger partial charge in [-0.1, -0.05) is 36.4 Å². The summed E-state index contributed by atoms with van der Waals surface area (Å²) in [6, 6.07) is 13.6. The summed E-state index contributed by atoms with van der Waals surface area (Å²) in [5.74, 6) is -0.884. The van der Waals surface area contributed by atoms with Crippen LogP contribution in [0.15, 0.2) is 53.9 Å². The van der Waals surface area contributed by atoms with Crippen LogP contribution < -0.4 is 14.8 Å². The number of amides is 3. The first-order valence-electron chi connectivity index (χ1n) is 11.0. The summed E-state index contributed by atoms with van der Waals surface area (Å²) >= 11 is 1.09. The number of anilines is 1. The van der Waals surface area contributed by atoms with Crippen molar-refractivity contribution in [2.75, 3.05) is 18.2 Å². The molecule has 11 heteroatoms. The van der Waals surface area contributed by atoms with Crippen molar-refractivity contribution in [2.45, 2.75) is 26.0 Å². The summed E-state index contributed by atoms with van der Waals surface area (Å²) in [5.41, 5.74) is 1.75. The van der Waals surface area contributed by atoms with Gasteiger partial charge in [-0.05, 0) is 29.7 Å². The van der Waals surface area contributed by atoms with Crippen LogP contribution >= 0.6 is 11.3 Å². The van der Waals surface area contributed by atoms with Gasteiger partial charge in [0.25, 0.3) is 11.8 Å². The van der Waals surface area contributed by atoms with Crippen LogP contribution in [0, 0.1) is 0 Å². The molecular formula is C25H24N2O7S2. The number of hydrogen-bond donors (Lipinski definition) is 2. The number of methoxy groups -OCH3 is 1. The summed E-state index contributed by atoms with van der Waals surface area (Å²) in [5, 5.41) is 4.40. The molecule has 3 amide bonds. The van der Waals surface area contributed by atoms with Crippen LogP contribution in [0.1, 0.15) is 51.2 Å². The molecule has 2 aromatic carbocycles. The molecule has 1 aliphatic rings. The molecule has 36 heavy (non-hydrogen) atoms. The normalized spacial score (nSPS) is 13.6. The third-order valence-electron chi connectivity index (χ3n) is 5.67. The van der Waals surface area contributed by atoms with Crippen LogP contribution in [0.5, 0.6) is 11.5 Å². The van der Waals surface area contributed by atoms with E-state index >= 15 is 0 Å². The van der Waals surface area contributed by atoms with Gasteiger partial charge in [0.2, 0.25) is 5.91 Å². The van der Waals surface area contributed by atoms with Gasteiger partial charge < -0.3 is 14.8 Å². The largest absolute Gasteiger partial charge is 0.493 e. The zero-order chi connectivity index (χ0) is 25.8. The van der Waals surface area contributed by atoms with Crippen LogP contribution in [0.25, 0.3) is 0 Å². The fraction of sp³-hybridized carbons (Fsp3) is 0.240. The third-order valence-corrected chi connectivity index (χ3v) is 7.19. The molecule has 0 bridgehead atoms. The molecule has 0 fully saturated rings. The fourth-order valence-corrected chi connectivity index (χ4v) is 5.45. The minimum atomic E-state index is -2.75. The lowest BCUT2D eigenvalue weighted by atomic mass is 10.0. The number of ether oxygens (including phenoxy) is 2. The lowest BCUT2D eigenvalue weighted by Gasteiger charge is -2.27. The number of thiol groups is 1. The van der Waals surface area contributed by atoms with Gasteiger partial charge in [-0.15, -0.1) is 11.3 Å². The van der Waals surface area contributed by atoms with Gasteiger partial charge in [0.15, 0.2) is 11.5 Å². The third kappa shape index (κ3) is 5.26. The predicted octanol–water partition coefficient (Wildman–Crippen LogP) is 3.63. The molecule has 0 spiro atoms. The molecular weight excluding hydrogens is 504 g/mol. The first kappa shape index (κ1) is 25.4. The topological polar surface area (TPSA) is 119 Å². The SMILES string of the molecule is COc1ccc(C(CC[SH](=O)=O)N2C(=O)c3csc(NC(C)=O)c3C2=O)cc1OCc1ccccc1. The zero-order valence-electron chi connectivity index (χ0n) is 19.6. The minimum Gasteiger partial charge on any atom is -0.493 e. The maximum absolute atomic E-state index is 13.4. The van der Waals surface area contributed by atoms with E-state index in [9.17, 15) is 22.8 Å². The highest BCUT2D eigenvalue weighted by Crippen LogP contribution is 2.41. The van der Waals surface area contributed by atoms with Crippen LogP contribution in [-0.2, 0) is 22.1 Å². The predicted molar refractivity (Wildman–Crippen MR) is 135 cm³/mol. The Morgan fingerprint density at radius 1 is 1.08 bits per heavy atom. The number of carbonyl (C=O) groups excluding carboxylic acids is 3. The van der Waals surface area contributed by atoms with Crippen molar-refractivity contribution in [3.8, 4) is 11.5 Å². The number of fused-ring (bicyclic) bond motifs is 1. The lowest BCUT2D eigenvalue weighted by molar-refractivity contribution is -0.114. The minimum absolute atomic E-state index is 0.00378. The maximum Gasteiger partial charge on any atom is 0.265 e. The van der Waals surface area contributed by atoms with Gasteiger partial charge >= 0.3 is 0 Å². The second-order valence-corrected chi connectivity index (χ2v) is 10.1. The molecule has 0 radical (unpaired) electrons. The average molecular weight is 529 g/mol. The Morgan fingerprint density at radius 2 is 1.83 bits per heavy atom. The van der Waals surface area contributed by atoms with Crippen molar-refractivity contribution in [1.82, 2.24) is 4.90 Å². The highest BCUT2D eigenvalue weighted by atomic mass is 32.2. The van der Waals surface area contributed by atoms with Gasteiger partial charge in [0.1, 0.15) is 22.3 Å². The number of rotatable bonds is 10. The van der Waals surface area contributed by atoms with Gasteiger partial charge in [-0.3, -0.25) is 19.3 Å². The molecule has 0 saturated carbocycles. The van der Waals surface area contributed by atoms with Crippen molar-refractivity contribution in [1.29, 1.82) is 0 Å². The van der Waals surface area contributed by atoms with Crippen LogP contribution in [0.3, 0.4) is 0 Å². The fourth-order valence-electron chi connectivity index (χ4n) is 4.03. The number of carbonyl (C=O) groups is 3. The summed E-state index contributed by atoms with van der Waals surface area (Å²) in [6.45, 7) is 1.57. The molecule has 0 saturated heterocycles. The Bertz CT molecular complexity index is 1370. The maximum atomic E-state index is 13.4. The second-order valence-electron chi connectivity index (χ2n) is 8.06. The Balaban J connectivity index is 1.69. The van der Waals surface area contributed by atoms with Crippen molar-refractivity contribution in [3.63, 3.8) is 0 Å². The quantitative estimate of drug-likeness (QED) is 0.305. The van der Waals surface area contributed by atoms with Crippen molar-refractivity contribution in [3.05, 3.63) is 76.2 Å². The Morgan fingerprint density at radius 3 is 2.50 bits per heavy atom. The molecule has 1 aromatic heterocycles. The summed E-state index contributed by atoms with van der Waals surface area (Å²) < 4.78 is 34.3. The molecule has 1 atom stereocenters. The van der Waals surface area contributed by atoms with E-state index in [1.54, 1.807) is 18.2 Å². The van der Waals surface area contributed by atoms with E-state index in [1.807, 2.05) is 30.3 Å². The van der Waals surface area contributed by atoms with E-state index in [1.165, 1.54) is 19.4 Å². The average Bonchev–Trinajstić information content (AvgIpc) is 3.37. The molecule has 1 aliphatic heterocycles. The standard InChI is InChI=1S/C25H24N2O7S2/c1-15(28)26-23-22-18(14-35-23)24(29)27(25(22)30)19(10-11-36(31)32)17-8-9-20(33-2)21(12-17)34-13-16-6-4-3-5-7-16/h3-9,12,14,19,36H,10-11,13H2,1-2H3,(H,26,28). The first-order chi connectivity index (χ1) is 17.3. The molecule has 3 aromatic rings. The molecule has 9 nitrogen and oxygen atoms in total. The molecule has 4 rings (SSSR count). The number of thiophene rings is 1. The Kier molecular flexibility index (Phi) is 7.70. The monoisotopic (exact) mass is 528 g/mol. The number of imide groups is 1. The molecule has 188 valence electrons. The van der Waals surface area contributed by atoms with Crippen LogP contribution in [0.2, 0.25) is 0 Å². The lowest BCUT2D eigenvalue weighted by Crippen LogP contribution is -2.35. The van der Waals surface area contributed by atoms with Crippen molar-refractivity contribution in [2.24, 2.45) is 0 Å². The number of hydrogen-bond acceptors (Lipinski definition) is 8. The van der Waals surface area contributed by atoms with Crippen LogP contribution in [0.4, 0.5) is 5.00 Å². The molecule has 1 N–H and O–H groups in total. The summed E-state index contributed by atoms with van der Waals surface area (Å²) in [6.07, 6.45) is 0.00378. The smallest absolute Gasteiger partial charge is 0.265 e. The van der Waals surface area contributed by atoms with E-state index in [0.29, 0.717) is 17.1 Å². The van der Waals surface area contributed by atoms with Crippen LogP contribution in [-0.4, -0.2) is 43.9 Å². The first-order valence-corrected chi connectivity index (χ1v) is 13.3. The van der Waals surface area contributed by atoms with E-state index in [4.69, 9.17) is 9.47 Å². The van der Waals surface area contributed by atoms with E-state index in [0.717, 1.165) is 21.8 Å². The van der Waals surface area contributed by atoms with E-state index in [2.05, 4.69) is 5.32 Å². The van der Waals surface area contributed by atoms with Gasteiger partial charge in [-0.25, -0.2) is 8.42 Å². The number of benzene rings is 2. The highest BCUT2D eigenvalue weighted by molar-refractivity contribution is 7.72. The van der Waals surface area contributed by atoms with Gasteiger partial charge in [0, 0.05) is 18.1 Å². The van der Waals surface area contributed by atoms with Crippen molar-refractivity contribution < 1.29 is 32.3 Å². The van der Waals surface area contributed by atoms with E-state index < -0.39 is 28.6 Å². The summed E-state index contributed by atoms with van der Waals surface area (Å²) in [4.78, 5) is 39.3. The number of nitrogens with zero attached hydrogens (tertiary/aromatic N) is 1. The zero-order valence-corrected chi connectivity index (χ0v) is 21.3. The Labute approximate surface area is 213 Å². The summed E-state index contributed by atoms with van der Waals surface area (Å²) in [7, 11) is -1.25. The molecule has 0 aliphatic carbocycles. The van der Waals surface area contributed by atoms with E-state index in [-0.39, 0.29) is 40.8 Å². The molecule has 2 heterocycles. The van der Waals surface area contributed by atoms with Gasteiger partial charge in [-0.2, -0.15) is 0 Å². The van der Waals surface area contributed by atoms with Gasteiger partial charge in [0.05, 0.1) is 24.3 Å². The number of nitrogens with one attached hydrogen (secondary N) is 1.